The lowest BCUT2D eigenvalue weighted by molar-refractivity contribution is -0.145. The standard InChI is InChI=1S/C13H21NO5/c1-12(2,3)19-11(17)14-6-4-13(5-7-18-8-13)9(14)10(15)16/h9H,4-8H2,1-3H3,(H,15,16). The highest BCUT2D eigenvalue weighted by atomic mass is 16.6. The van der Waals surface area contributed by atoms with Crippen LogP contribution in [-0.2, 0) is 14.3 Å². The first kappa shape index (κ1) is 14.1. The predicted octanol–water partition coefficient (Wildman–Crippen LogP) is 1.49. The van der Waals surface area contributed by atoms with Crippen LogP contribution in [-0.4, -0.2) is 53.5 Å². The van der Waals surface area contributed by atoms with Crippen molar-refractivity contribution in [3.8, 4) is 0 Å². The molecule has 0 aromatic carbocycles. The van der Waals surface area contributed by atoms with Gasteiger partial charge in [0.05, 0.1) is 6.61 Å². The summed E-state index contributed by atoms with van der Waals surface area (Å²) < 4.78 is 10.6. The third-order valence-corrected chi connectivity index (χ3v) is 3.74. The van der Waals surface area contributed by atoms with E-state index in [0.29, 0.717) is 32.6 Å². The lowest BCUT2D eigenvalue weighted by Crippen LogP contribution is -2.49. The number of aliphatic carboxylic acids is 1. The van der Waals surface area contributed by atoms with Crippen LogP contribution in [0.15, 0.2) is 0 Å². The number of nitrogens with zero attached hydrogens (tertiary/aromatic N) is 1. The second-order valence-corrected chi connectivity index (χ2v) is 6.33. The Balaban J connectivity index is 2.17. The van der Waals surface area contributed by atoms with Crippen LogP contribution < -0.4 is 0 Å². The van der Waals surface area contributed by atoms with Crippen molar-refractivity contribution in [3.63, 3.8) is 0 Å². The number of amides is 1. The van der Waals surface area contributed by atoms with Gasteiger partial charge in [0.2, 0.25) is 0 Å². The molecule has 0 aliphatic carbocycles. The molecule has 2 saturated heterocycles. The maximum atomic E-state index is 12.1. The molecule has 108 valence electrons. The van der Waals surface area contributed by atoms with Crippen molar-refractivity contribution < 1.29 is 24.2 Å². The number of ether oxygens (including phenoxy) is 2. The van der Waals surface area contributed by atoms with E-state index in [4.69, 9.17) is 9.47 Å². The zero-order valence-electron chi connectivity index (χ0n) is 11.6. The van der Waals surface area contributed by atoms with Gasteiger partial charge in [0, 0.05) is 18.6 Å². The molecule has 0 bridgehead atoms. The third-order valence-electron chi connectivity index (χ3n) is 3.74. The molecule has 0 saturated carbocycles. The summed E-state index contributed by atoms with van der Waals surface area (Å²) >= 11 is 0. The number of hydrogen-bond donors (Lipinski definition) is 1. The Bertz CT molecular complexity index is 381. The molecule has 0 radical (unpaired) electrons. The molecular formula is C13H21NO5. The van der Waals surface area contributed by atoms with E-state index in [-0.39, 0.29) is 0 Å². The van der Waals surface area contributed by atoms with Gasteiger partial charge in [0.25, 0.3) is 0 Å². The fourth-order valence-corrected chi connectivity index (χ4v) is 2.89. The van der Waals surface area contributed by atoms with Gasteiger partial charge in [0.15, 0.2) is 0 Å². The summed E-state index contributed by atoms with van der Waals surface area (Å²) in [7, 11) is 0. The first-order valence-corrected chi connectivity index (χ1v) is 6.55. The quantitative estimate of drug-likeness (QED) is 0.782. The Morgan fingerprint density at radius 2 is 2.05 bits per heavy atom. The average Bonchev–Trinajstić information content (AvgIpc) is 2.84. The summed E-state index contributed by atoms with van der Waals surface area (Å²) in [6.07, 6.45) is 0.788. The highest BCUT2D eigenvalue weighted by Crippen LogP contribution is 2.44. The van der Waals surface area contributed by atoms with E-state index in [2.05, 4.69) is 0 Å². The molecule has 1 N–H and O–H groups in total. The van der Waals surface area contributed by atoms with Crippen LogP contribution in [0.25, 0.3) is 0 Å². The molecule has 0 aromatic rings. The molecule has 2 unspecified atom stereocenters. The lowest BCUT2D eigenvalue weighted by Gasteiger charge is -2.31. The minimum Gasteiger partial charge on any atom is -0.480 e. The van der Waals surface area contributed by atoms with E-state index in [1.54, 1.807) is 20.8 Å². The topological polar surface area (TPSA) is 76.1 Å². The van der Waals surface area contributed by atoms with E-state index in [1.165, 1.54) is 4.90 Å². The fourth-order valence-electron chi connectivity index (χ4n) is 2.89. The molecule has 1 amide bonds. The van der Waals surface area contributed by atoms with Crippen LogP contribution in [0.2, 0.25) is 0 Å². The zero-order chi connectivity index (χ0) is 14.3. The molecule has 2 aliphatic heterocycles. The first-order valence-electron chi connectivity index (χ1n) is 6.55. The van der Waals surface area contributed by atoms with Crippen molar-refractivity contribution in [2.75, 3.05) is 19.8 Å². The smallest absolute Gasteiger partial charge is 0.411 e. The SMILES string of the molecule is CC(C)(C)OC(=O)N1CCC2(CCOC2)C1C(=O)O. The Morgan fingerprint density at radius 1 is 1.37 bits per heavy atom. The summed E-state index contributed by atoms with van der Waals surface area (Å²) in [5.41, 5.74) is -1.06. The van der Waals surface area contributed by atoms with Crippen LogP contribution >= 0.6 is 0 Å². The van der Waals surface area contributed by atoms with Crippen molar-refractivity contribution in [3.05, 3.63) is 0 Å². The third kappa shape index (κ3) is 2.68. The highest BCUT2D eigenvalue weighted by Gasteiger charge is 2.55. The number of carbonyl (C=O) groups excluding carboxylic acids is 1. The van der Waals surface area contributed by atoms with E-state index in [0.717, 1.165) is 0 Å². The maximum absolute atomic E-state index is 12.1. The molecule has 1 spiro atoms. The van der Waals surface area contributed by atoms with Gasteiger partial charge in [-0.2, -0.15) is 0 Å². The Kier molecular flexibility index (Phi) is 3.47. The number of carboxylic acid groups (broad SMARTS) is 1. The molecule has 0 aromatic heterocycles. The van der Waals surface area contributed by atoms with Crippen LogP contribution in [0.5, 0.6) is 0 Å². The van der Waals surface area contributed by atoms with Gasteiger partial charge < -0.3 is 14.6 Å². The molecule has 6 heteroatoms. The summed E-state index contributed by atoms with van der Waals surface area (Å²) in [5.74, 6) is -0.978. The minimum absolute atomic E-state index is 0.406. The summed E-state index contributed by atoms with van der Waals surface area (Å²) in [4.78, 5) is 25.0. The molecule has 2 fully saturated rings. The number of rotatable bonds is 1. The summed E-state index contributed by atoms with van der Waals surface area (Å²) in [6.45, 7) is 6.69. The van der Waals surface area contributed by atoms with Crippen LogP contribution in [0.1, 0.15) is 33.6 Å². The van der Waals surface area contributed by atoms with Crippen molar-refractivity contribution in [1.82, 2.24) is 4.90 Å². The molecule has 2 atom stereocenters. The van der Waals surface area contributed by atoms with Crippen molar-refractivity contribution >= 4 is 12.1 Å². The normalized spacial score (nSPS) is 30.9. The van der Waals surface area contributed by atoms with E-state index in [1.807, 2.05) is 0 Å². The van der Waals surface area contributed by atoms with E-state index in [9.17, 15) is 14.7 Å². The fraction of sp³-hybridized carbons (Fsp3) is 0.846. The molecule has 2 aliphatic rings. The van der Waals surface area contributed by atoms with Crippen LogP contribution in [0.4, 0.5) is 4.79 Å². The first-order chi connectivity index (χ1) is 8.75. The Labute approximate surface area is 112 Å². The van der Waals surface area contributed by atoms with Gasteiger partial charge in [-0.25, -0.2) is 9.59 Å². The monoisotopic (exact) mass is 271 g/mol. The molecule has 2 heterocycles. The van der Waals surface area contributed by atoms with Gasteiger partial charge >= 0.3 is 12.1 Å². The van der Waals surface area contributed by atoms with Gasteiger partial charge in [-0.05, 0) is 33.6 Å². The van der Waals surface area contributed by atoms with Crippen molar-refractivity contribution in [2.45, 2.75) is 45.3 Å². The van der Waals surface area contributed by atoms with Crippen molar-refractivity contribution in [2.24, 2.45) is 5.41 Å². The van der Waals surface area contributed by atoms with Crippen LogP contribution in [0.3, 0.4) is 0 Å². The average molecular weight is 271 g/mol. The van der Waals surface area contributed by atoms with Crippen LogP contribution in [0, 0.1) is 5.41 Å². The number of likely N-dealkylation sites (tertiary alicyclic amines) is 1. The zero-order valence-corrected chi connectivity index (χ0v) is 11.6. The van der Waals surface area contributed by atoms with Gasteiger partial charge in [-0.15, -0.1) is 0 Å². The summed E-state index contributed by atoms with van der Waals surface area (Å²) in [6, 6.07) is -0.843. The van der Waals surface area contributed by atoms with Gasteiger partial charge in [-0.1, -0.05) is 0 Å². The van der Waals surface area contributed by atoms with E-state index < -0.39 is 29.1 Å². The molecular weight excluding hydrogens is 250 g/mol. The Morgan fingerprint density at radius 3 is 2.53 bits per heavy atom. The van der Waals surface area contributed by atoms with Gasteiger partial charge in [-0.3, -0.25) is 4.90 Å². The number of carbonyl (C=O) groups is 2. The van der Waals surface area contributed by atoms with Gasteiger partial charge in [0.1, 0.15) is 11.6 Å². The predicted molar refractivity (Wildman–Crippen MR) is 66.8 cm³/mol. The minimum atomic E-state index is -0.978. The van der Waals surface area contributed by atoms with Crippen molar-refractivity contribution in [1.29, 1.82) is 0 Å². The largest absolute Gasteiger partial charge is 0.480 e. The second-order valence-electron chi connectivity index (χ2n) is 6.33. The Hall–Kier alpha value is -1.30. The number of hydrogen-bond acceptors (Lipinski definition) is 4. The van der Waals surface area contributed by atoms with E-state index >= 15 is 0 Å². The maximum Gasteiger partial charge on any atom is 0.411 e. The second kappa shape index (κ2) is 4.67. The molecule has 2 rings (SSSR count). The molecule has 6 nitrogen and oxygen atoms in total. The number of carboxylic acids is 1. The summed E-state index contributed by atoms with van der Waals surface area (Å²) in [5, 5.41) is 9.45. The lowest BCUT2D eigenvalue weighted by atomic mass is 9.79. The molecule has 19 heavy (non-hydrogen) atoms. The highest BCUT2D eigenvalue weighted by molar-refractivity contribution is 5.82.